The predicted octanol–water partition coefficient (Wildman–Crippen LogP) is 4.94. The number of nitrogens with one attached hydrogen (secondary N) is 1. The maximum absolute atomic E-state index is 13.1. The second-order valence-corrected chi connectivity index (χ2v) is 9.41. The van der Waals surface area contributed by atoms with Crippen molar-refractivity contribution in [3.8, 4) is 16.9 Å². The van der Waals surface area contributed by atoms with Gasteiger partial charge in [0.2, 0.25) is 10.0 Å². The topological polar surface area (TPSA) is 64.0 Å². The number of nitrogens with zero attached hydrogens (tertiary/aromatic N) is 2. The summed E-state index contributed by atoms with van der Waals surface area (Å²) in [6.45, 7) is 5.77. The van der Waals surface area contributed by atoms with Crippen molar-refractivity contribution in [3.63, 3.8) is 0 Å². The van der Waals surface area contributed by atoms with Gasteiger partial charge in [0.25, 0.3) is 0 Å². The third-order valence-corrected chi connectivity index (χ3v) is 6.89. The van der Waals surface area contributed by atoms with E-state index < -0.39 is 10.0 Å². The SMILES string of the molecule is Cc1cc(C)c(S(=O)(=O)NCc2cn(-c3ccccc3)nc2-c2ccccc2)c(C)c1. The van der Waals surface area contributed by atoms with Crippen molar-refractivity contribution in [2.45, 2.75) is 32.2 Å². The fraction of sp³-hybridized carbons (Fsp3) is 0.160. The molecule has 3 aromatic carbocycles. The molecule has 6 heteroatoms. The van der Waals surface area contributed by atoms with Gasteiger partial charge in [0, 0.05) is 23.9 Å². The average molecular weight is 432 g/mol. The Morgan fingerprint density at radius 1 is 0.871 bits per heavy atom. The fourth-order valence-corrected chi connectivity index (χ4v) is 5.38. The van der Waals surface area contributed by atoms with E-state index in [0.717, 1.165) is 39.2 Å². The minimum absolute atomic E-state index is 0.145. The van der Waals surface area contributed by atoms with Crippen LogP contribution in [0, 0.1) is 20.8 Å². The maximum atomic E-state index is 13.1. The van der Waals surface area contributed by atoms with E-state index in [0.29, 0.717) is 4.90 Å². The molecule has 0 saturated carbocycles. The van der Waals surface area contributed by atoms with Crippen molar-refractivity contribution in [1.29, 1.82) is 0 Å². The summed E-state index contributed by atoms with van der Waals surface area (Å²) in [5.74, 6) is 0. The Labute approximate surface area is 183 Å². The highest BCUT2D eigenvalue weighted by atomic mass is 32.2. The number of para-hydroxylation sites is 1. The Hall–Kier alpha value is -3.22. The van der Waals surface area contributed by atoms with Gasteiger partial charge in [-0.2, -0.15) is 5.10 Å². The Morgan fingerprint density at radius 2 is 1.45 bits per heavy atom. The molecule has 0 aliphatic carbocycles. The van der Waals surface area contributed by atoms with Gasteiger partial charge in [-0.05, 0) is 44.0 Å². The third kappa shape index (κ3) is 4.45. The quantitative estimate of drug-likeness (QED) is 0.470. The van der Waals surface area contributed by atoms with Crippen molar-refractivity contribution >= 4 is 10.0 Å². The van der Waals surface area contributed by atoms with Crippen molar-refractivity contribution < 1.29 is 8.42 Å². The summed E-state index contributed by atoms with van der Waals surface area (Å²) in [6, 6.07) is 23.4. The zero-order valence-electron chi connectivity index (χ0n) is 17.8. The number of hydrogen-bond acceptors (Lipinski definition) is 3. The molecule has 158 valence electrons. The van der Waals surface area contributed by atoms with E-state index in [2.05, 4.69) is 4.72 Å². The van der Waals surface area contributed by atoms with Crippen LogP contribution in [0.2, 0.25) is 0 Å². The van der Waals surface area contributed by atoms with Crippen molar-refractivity contribution in [1.82, 2.24) is 14.5 Å². The zero-order valence-corrected chi connectivity index (χ0v) is 18.6. The molecule has 0 fully saturated rings. The van der Waals surface area contributed by atoms with Crippen LogP contribution in [0.15, 0.2) is 83.9 Å². The van der Waals surface area contributed by atoms with Crippen LogP contribution >= 0.6 is 0 Å². The van der Waals surface area contributed by atoms with Gasteiger partial charge in [-0.1, -0.05) is 66.2 Å². The lowest BCUT2D eigenvalue weighted by Gasteiger charge is -2.13. The monoisotopic (exact) mass is 431 g/mol. The standard InChI is InChI=1S/C25H25N3O2S/c1-18-14-19(2)25(20(3)15-18)31(29,30)26-16-22-17-28(23-12-8-5-9-13-23)27-24(22)21-10-6-4-7-11-21/h4-15,17,26H,16H2,1-3H3. The molecule has 5 nitrogen and oxygen atoms in total. The molecular formula is C25H25N3O2S. The molecule has 0 aliphatic rings. The maximum Gasteiger partial charge on any atom is 0.241 e. The highest BCUT2D eigenvalue weighted by molar-refractivity contribution is 7.89. The van der Waals surface area contributed by atoms with Crippen molar-refractivity contribution in [2.75, 3.05) is 0 Å². The summed E-state index contributed by atoms with van der Waals surface area (Å²) in [7, 11) is -3.68. The fourth-order valence-electron chi connectivity index (χ4n) is 3.93. The zero-order chi connectivity index (χ0) is 22.0. The molecule has 1 N–H and O–H groups in total. The van der Waals surface area contributed by atoms with Gasteiger partial charge >= 0.3 is 0 Å². The summed E-state index contributed by atoms with van der Waals surface area (Å²) < 4.78 is 30.9. The molecule has 0 spiro atoms. The van der Waals surface area contributed by atoms with E-state index in [-0.39, 0.29) is 6.54 Å². The molecule has 0 saturated heterocycles. The van der Waals surface area contributed by atoms with E-state index in [9.17, 15) is 8.42 Å². The van der Waals surface area contributed by atoms with Gasteiger partial charge in [-0.25, -0.2) is 17.8 Å². The molecule has 1 heterocycles. The van der Waals surface area contributed by atoms with Crippen LogP contribution in [0.1, 0.15) is 22.3 Å². The number of rotatable bonds is 6. The molecule has 0 amide bonds. The lowest BCUT2D eigenvalue weighted by Crippen LogP contribution is -2.25. The molecule has 4 aromatic rings. The smallest absolute Gasteiger partial charge is 0.240 e. The second kappa shape index (κ2) is 8.49. The van der Waals surface area contributed by atoms with Gasteiger partial charge in [0.1, 0.15) is 0 Å². The number of aromatic nitrogens is 2. The Kier molecular flexibility index (Phi) is 5.76. The van der Waals surface area contributed by atoms with Crippen LogP contribution in [0.3, 0.4) is 0 Å². The lowest BCUT2D eigenvalue weighted by atomic mass is 10.1. The molecule has 0 radical (unpaired) electrons. The van der Waals surface area contributed by atoms with E-state index in [4.69, 9.17) is 5.10 Å². The minimum Gasteiger partial charge on any atom is -0.240 e. The van der Waals surface area contributed by atoms with E-state index in [1.807, 2.05) is 99.8 Å². The molecule has 0 bridgehead atoms. The van der Waals surface area contributed by atoms with Crippen LogP contribution in [-0.4, -0.2) is 18.2 Å². The first-order valence-electron chi connectivity index (χ1n) is 10.1. The first-order chi connectivity index (χ1) is 14.8. The Morgan fingerprint density at radius 3 is 2.06 bits per heavy atom. The lowest BCUT2D eigenvalue weighted by molar-refractivity contribution is 0.580. The summed E-state index contributed by atoms with van der Waals surface area (Å²) in [4.78, 5) is 0.342. The summed E-state index contributed by atoms with van der Waals surface area (Å²) >= 11 is 0. The van der Waals surface area contributed by atoms with Crippen molar-refractivity contribution in [2.24, 2.45) is 0 Å². The van der Waals surface area contributed by atoms with Crippen LogP contribution < -0.4 is 4.72 Å². The Balaban J connectivity index is 1.70. The van der Waals surface area contributed by atoms with Gasteiger partial charge in [-0.15, -0.1) is 0 Å². The van der Waals surface area contributed by atoms with Crippen LogP contribution in [-0.2, 0) is 16.6 Å². The first kappa shape index (κ1) is 21.0. The summed E-state index contributed by atoms with van der Waals surface area (Å²) in [5, 5.41) is 4.75. The molecular weight excluding hydrogens is 406 g/mol. The summed E-state index contributed by atoms with van der Waals surface area (Å²) in [5.41, 5.74) is 5.95. The molecule has 0 atom stereocenters. The molecule has 4 rings (SSSR count). The molecule has 1 aromatic heterocycles. The summed E-state index contributed by atoms with van der Waals surface area (Å²) in [6.07, 6.45) is 1.88. The minimum atomic E-state index is -3.68. The van der Waals surface area contributed by atoms with Crippen LogP contribution in [0.25, 0.3) is 16.9 Å². The predicted molar refractivity (Wildman–Crippen MR) is 124 cm³/mol. The largest absolute Gasteiger partial charge is 0.241 e. The van der Waals surface area contributed by atoms with Gasteiger partial charge in [-0.3, -0.25) is 0 Å². The molecule has 31 heavy (non-hydrogen) atoms. The van der Waals surface area contributed by atoms with Gasteiger partial charge < -0.3 is 0 Å². The number of benzene rings is 3. The first-order valence-corrected chi connectivity index (χ1v) is 11.6. The molecule has 0 aliphatic heterocycles. The van der Waals surface area contributed by atoms with Gasteiger partial charge in [0.15, 0.2) is 0 Å². The van der Waals surface area contributed by atoms with Crippen molar-refractivity contribution in [3.05, 3.63) is 101 Å². The normalized spacial score (nSPS) is 11.6. The highest BCUT2D eigenvalue weighted by Gasteiger charge is 2.21. The average Bonchev–Trinajstić information content (AvgIpc) is 3.17. The molecule has 0 unspecified atom stereocenters. The van der Waals surface area contributed by atoms with E-state index >= 15 is 0 Å². The number of hydrogen-bond donors (Lipinski definition) is 1. The third-order valence-electron chi connectivity index (χ3n) is 5.18. The highest BCUT2D eigenvalue weighted by Crippen LogP contribution is 2.25. The second-order valence-electron chi connectivity index (χ2n) is 7.70. The van der Waals surface area contributed by atoms with E-state index in [1.54, 1.807) is 4.68 Å². The number of aryl methyl sites for hydroxylation is 3. The van der Waals surface area contributed by atoms with E-state index in [1.165, 1.54) is 0 Å². The number of sulfonamides is 1. The van der Waals surface area contributed by atoms with Crippen LogP contribution in [0.5, 0.6) is 0 Å². The Bertz CT molecular complexity index is 1290. The van der Waals surface area contributed by atoms with Crippen LogP contribution in [0.4, 0.5) is 0 Å². The van der Waals surface area contributed by atoms with Gasteiger partial charge in [0.05, 0.1) is 16.3 Å².